The smallest absolute Gasteiger partial charge is 0.247 e. The van der Waals surface area contributed by atoms with Crippen LogP contribution < -0.4 is 0 Å². The average molecular weight is 177 g/mol. The summed E-state index contributed by atoms with van der Waals surface area (Å²) in [6.45, 7) is 1.87. The molecule has 56 valence electrons. The summed E-state index contributed by atoms with van der Waals surface area (Å²) < 4.78 is -0.196. The number of thioether (sulfide) groups is 2. The Labute approximate surface area is 67.2 Å². The third-order valence-electron chi connectivity index (χ3n) is 1.12. The second kappa shape index (κ2) is 2.84. The molecule has 5 heteroatoms. The zero-order valence-corrected chi connectivity index (χ0v) is 7.04. The summed E-state index contributed by atoms with van der Waals surface area (Å²) in [6.07, 6.45) is 1.40. The minimum atomic E-state index is -0.295. The van der Waals surface area contributed by atoms with Gasteiger partial charge in [0.05, 0.1) is 11.0 Å². The molecular weight excluding hydrogens is 170 g/mol. The number of oxime groups is 1. The molecule has 0 aromatic rings. The van der Waals surface area contributed by atoms with Crippen LogP contribution >= 0.6 is 23.5 Å². The molecule has 0 aliphatic carbocycles. The van der Waals surface area contributed by atoms with E-state index >= 15 is 0 Å². The van der Waals surface area contributed by atoms with Crippen molar-refractivity contribution < 1.29 is 10.0 Å². The van der Waals surface area contributed by atoms with Gasteiger partial charge in [-0.1, -0.05) is 23.5 Å². The Bertz CT molecular complexity index is 182. The molecule has 10 heavy (non-hydrogen) atoms. The largest absolute Gasteiger partial charge is 0.411 e. The summed E-state index contributed by atoms with van der Waals surface area (Å²) in [5, 5.41) is 11.1. The second-order valence-corrected chi connectivity index (χ2v) is 4.91. The molecule has 0 spiro atoms. The first kappa shape index (κ1) is 7.94. The molecular formula is C5H7NO2S2. The van der Waals surface area contributed by atoms with E-state index in [1.54, 1.807) is 0 Å². The first-order valence-corrected chi connectivity index (χ1v) is 4.51. The van der Waals surface area contributed by atoms with Crippen molar-refractivity contribution in [1.82, 2.24) is 0 Å². The summed E-state index contributed by atoms with van der Waals surface area (Å²) in [4.78, 5) is 10.7. The highest BCUT2D eigenvalue weighted by molar-refractivity contribution is 8.42. The summed E-state index contributed by atoms with van der Waals surface area (Å²) >= 11 is 2.47. The third kappa shape index (κ3) is 1.67. The minimum Gasteiger partial charge on any atom is -0.411 e. The topological polar surface area (TPSA) is 49.7 Å². The van der Waals surface area contributed by atoms with Gasteiger partial charge in [-0.3, -0.25) is 4.79 Å². The van der Waals surface area contributed by atoms with Crippen LogP contribution in [0.2, 0.25) is 0 Å². The first-order chi connectivity index (χ1) is 4.66. The van der Waals surface area contributed by atoms with Gasteiger partial charge in [-0.25, -0.2) is 0 Å². The second-order valence-electron chi connectivity index (χ2n) is 2.20. The van der Waals surface area contributed by atoms with Crippen molar-refractivity contribution in [3.63, 3.8) is 0 Å². The van der Waals surface area contributed by atoms with Crippen LogP contribution in [0, 0.1) is 0 Å². The lowest BCUT2D eigenvalue weighted by molar-refractivity contribution is 0.277. The fourth-order valence-corrected chi connectivity index (χ4v) is 2.99. The maximum atomic E-state index is 10.7. The van der Waals surface area contributed by atoms with Gasteiger partial charge in [0.15, 0.2) is 0 Å². The van der Waals surface area contributed by atoms with Gasteiger partial charge < -0.3 is 5.21 Å². The molecule has 0 aromatic heterocycles. The van der Waals surface area contributed by atoms with Crippen LogP contribution in [0.5, 0.6) is 0 Å². The molecule has 1 fully saturated rings. The quantitative estimate of drug-likeness (QED) is 0.377. The third-order valence-corrected chi connectivity index (χ3v) is 3.77. The summed E-state index contributed by atoms with van der Waals surface area (Å²) in [6, 6.07) is 0. The molecule has 0 saturated carbocycles. The Balaban J connectivity index is 2.63. The zero-order chi connectivity index (χ0) is 7.61. The Morgan fingerprint density at radius 2 is 2.60 bits per heavy atom. The number of nitrogens with zero attached hydrogens (tertiary/aromatic N) is 1. The SMILES string of the molecule is C[C@]1(/C=N/O)CSC(=O)S1. The predicted octanol–water partition coefficient (Wildman–Crippen LogP) is 1.81. The highest BCUT2D eigenvalue weighted by Gasteiger charge is 2.34. The van der Waals surface area contributed by atoms with Crippen molar-refractivity contribution >= 4 is 34.2 Å². The van der Waals surface area contributed by atoms with E-state index in [2.05, 4.69) is 5.16 Å². The van der Waals surface area contributed by atoms with Gasteiger partial charge in [0.1, 0.15) is 0 Å². The van der Waals surface area contributed by atoms with Crippen LogP contribution in [-0.2, 0) is 0 Å². The molecule has 0 amide bonds. The van der Waals surface area contributed by atoms with Gasteiger partial charge in [0.25, 0.3) is 0 Å². The standard InChI is InChI=1S/C5H7NO2S2/c1-5(2-6-8)3-9-4(7)10-5/h2,8H,3H2,1H3/b6-2+/t5-/m0/s1. The lowest BCUT2D eigenvalue weighted by atomic mass is 10.2. The molecule has 0 radical (unpaired) electrons. The lowest BCUT2D eigenvalue weighted by Crippen LogP contribution is -2.21. The summed E-state index contributed by atoms with van der Waals surface area (Å²) in [5.74, 6) is 0.695. The molecule has 1 saturated heterocycles. The van der Waals surface area contributed by atoms with Gasteiger partial charge in [-0.2, -0.15) is 0 Å². The van der Waals surface area contributed by atoms with Crippen LogP contribution in [0.1, 0.15) is 6.92 Å². The number of hydrogen-bond donors (Lipinski definition) is 1. The van der Waals surface area contributed by atoms with Crippen molar-refractivity contribution in [1.29, 1.82) is 0 Å². The van der Waals surface area contributed by atoms with E-state index in [4.69, 9.17) is 5.21 Å². The Morgan fingerprint density at radius 3 is 3.00 bits per heavy atom. The summed E-state index contributed by atoms with van der Waals surface area (Å²) in [7, 11) is 0. The van der Waals surface area contributed by atoms with Crippen LogP contribution in [-0.4, -0.2) is 26.4 Å². The fraction of sp³-hybridized carbons (Fsp3) is 0.600. The molecule has 1 rings (SSSR count). The predicted molar refractivity (Wildman–Crippen MR) is 44.1 cm³/mol. The maximum absolute atomic E-state index is 10.7. The van der Waals surface area contributed by atoms with Gasteiger partial charge in [-0.15, -0.1) is 5.16 Å². The van der Waals surface area contributed by atoms with E-state index in [1.165, 1.54) is 29.7 Å². The molecule has 3 nitrogen and oxygen atoms in total. The Hall–Kier alpha value is -0.160. The monoisotopic (exact) mass is 177 g/mol. The van der Waals surface area contributed by atoms with Crippen LogP contribution in [0.15, 0.2) is 5.16 Å². The molecule has 0 aromatic carbocycles. The van der Waals surface area contributed by atoms with Crippen molar-refractivity contribution in [2.24, 2.45) is 5.16 Å². The number of carbonyl (C=O) groups excluding carboxylic acids is 1. The van der Waals surface area contributed by atoms with Crippen molar-refractivity contribution in [2.45, 2.75) is 11.7 Å². The molecule has 1 N–H and O–H groups in total. The molecule has 0 unspecified atom stereocenters. The highest BCUT2D eigenvalue weighted by Crippen LogP contribution is 2.40. The maximum Gasteiger partial charge on any atom is 0.247 e. The van der Waals surface area contributed by atoms with Crippen LogP contribution in [0.4, 0.5) is 4.79 Å². The van der Waals surface area contributed by atoms with Crippen molar-refractivity contribution in [3.05, 3.63) is 0 Å². The molecule has 0 bridgehead atoms. The zero-order valence-electron chi connectivity index (χ0n) is 5.40. The van der Waals surface area contributed by atoms with Crippen LogP contribution in [0.3, 0.4) is 0 Å². The molecule has 1 atom stereocenters. The van der Waals surface area contributed by atoms with Crippen molar-refractivity contribution in [3.8, 4) is 0 Å². The van der Waals surface area contributed by atoms with Crippen LogP contribution in [0.25, 0.3) is 0 Å². The van der Waals surface area contributed by atoms with E-state index in [0.29, 0.717) is 5.75 Å². The van der Waals surface area contributed by atoms with E-state index in [-0.39, 0.29) is 9.19 Å². The Morgan fingerprint density at radius 1 is 1.90 bits per heavy atom. The van der Waals surface area contributed by atoms with E-state index < -0.39 is 0 Å². The van der Waals surface area contributed by atoms with Gasteiger partial charge in [0, 0.05) is 5.75 Å². The highest BCUT2D eigenvalue weighted by atomic mass is 32.2. The fourth-order valence-electron chi connectivity index (χ4n) is 0.637. The average Bonchev–Trinajstić information content (AvgIpc) is 2.12. The summed E-state index contributed by atoms with van der Waals surface area (Å²) in [5.41, 5.74) is 0. The molecule has 1 aliphatic heterocycles. The number of hydrogen-bond acceptors (Lipinski definition) is 5. The normalized spacial score (nSPS) is 33.9. The number of rotatable bonds is 1. The van der Waals surface area contributed by atoms with Gasteiger partial charge in [-0.05, 0) is 6.92 Å². The first-order valence-electron chi connectivity index (χ1n) is 2.71. The van der Waals surface area contributed by atoms with Gasteiger partial charge in [0.2, 0.25) is 4.45 Å². The van der Waals surface area contributed by atoms with Crippen molar-refractivity contribution in [2.75, 3.05) is 5.75 Å². The molecule has 1 aliphatic rings. The van der Waals surface area contributed by atoms with E-state index in [9.17, 15) is 4.79 Å². The Kier molecular flexibility index (Phi) is 2.25. The lowest BCUT2D eigenvalue weighted by Gasteiger charge is -2.10. The molecule has 1 heterocycles. The van der Waals surface area contributed by atoms with Gasteiger partial charge >= 0.3 is 0 Å². The van der Waals surface area contributed by atoms with E-state index in [1.807, 2.05) is 6.92 Å². The minimum absolute atomic E-state index is 0.0994. The van der Waals surface area contributed by atoms with E-state index in [0.717, 1.165) is 0 Å². The number of carbonyl (C=O) groups is 1.